The molecule has 1 rings (SSSR count). The van der Waals surface area contributed by atoms with Crippen LogP contribution in [0, 0.1) is 5.92 Å². The number of carbonyl (C=O) groups excluding carboxylic acids is 1. The van der Waals surface area contributed by atoms with E-state index < -0.39 is 5.97 Å². The fourth-order valence-electron chi connectivity index (χ4n) is 2.20. The zero-order chi connectivity index (χ0) is 17.4. The minimum Gasteiger partial charge on any atom is -0.496 e. The third kappa shape index (κ3) is 6.18. The molecule has 2 N–H and O–H groups in total. The number of ether oxygens (including phenoxy) is 1. The van der Waals surface area contributed by atoms with Crippen LogP contribution in [0.4, 0.5) is 4.79 Å². The maximum Gasteiger partial charge on any atom is 0.317 e. The molecule has 0 aliphatic carbocycles. The van der Waals surface area contributed by atoms with Gasteiger partial charge in [0.05, 0.1) is 13.5 Å². The molecule has 0 bridgehead atoms. The van der Waals surface area contributed by atoms with E-state index >= 15 is 0 Å². The molecule has 6 heteroatoms. The van der Waals surface area contributed by atoms with Crippen molar-refractivity contribution in [3.05, 3.63) is 29.8 Å². The van der Waals surface area contributed by atoms with Gasteiger partial charge in [0.1, 0.15) is 5.75 Å². The maximum absolute atomic E-state index is 12.2. The van der Waals surface area contributed by atoms with Crippen molar-refractivity contribution in [2.75, 3.05) is 20.7 Å². The van der Waals surface area contributed by atoms with Crippen LogP contribution in [0.3, 0.4) is 0 Å². The van der Waals surface area contributed by atoms with Gasteiger partial charge < -0.3 is 20.1 Å². The number of methoxy groups -OCH3 is 1. The molecule has 6 nitrogen and oxygen atoms in total. The van der Waals surface area contributed by atoms with Crippen LogP contribution in [0.1, 0.15) is 25.8 Å². The van der Waals surface area contributed by atoms with Gasteiger partial charge in [0, 0.05) is 19.6 Å². The average Bonchev–Trinajstić information content (AvgIpc) is 2.51. The van der Waals surface area contributed by atoms with Crippen molar-refractivity contribution < 1.29 is 19.4 Å². The highest BCUT2D eigenvalue weighted by Crippen LogP contribution is 2.21. The van der Waals surface area contributed by atoms with E-state index in [9.17, 15) is 9.59 Å². The lowest BCUT2D eigenvalue weighted by Crippen LogP contribution is -2.46. The number of nitrogens with zero attached hydrogens (tertiary/aromatic N) is 1. The number of hydrogen-bond donors (Lipinski definition) is 2. The van der Waals surface area contributed by atoms with E-state index in [2.05, 4.69) is 5.32 Å². The highest BCUT2D eigenvalue weighted by molar-refractivity contribution is 5.75. The standard InChI is InChI=1S/C17H26N2O4/c1-12(2)14(11-13-7-5-6-8-15(13)23-4)18-17(22)19(3)10-9-16(20)21/h5-8,12,14H,9-11H2,1-4H3,(H,18,22)(H,20,21). The summed E-state index contributed by atoms with van der Waals surface area (Å²) in [6, 6.07) is 7.40. The van der Waals surface area contributed by atoms with Crippen LogP contribution >= 0.6 is 0 Å². The van der Waals surface area contributed by atoms with Gasteiger partial charge >= 0.3 is 12.0 Å². The van der Waals surface area contributed by atoms with E-state index in [1.807, 2.05) is 38.1 Å². The fraction of sp³-hybridized carbons (Fsp3) is 0.529. The molecule has 2 amide bonds. The van der Waals surface area contributed by atoms with Crippen LogP contribution in [0.5, 0.6) is 5.75 Å². The third-order valence-corrected chi connectivity index (χ3v) is 3.75. The van der Waals surface area contributed by atoms with Crippen molar-refractivity contribution in [3.63, 3.8) is 0 Å². The average molecular weight is 322 g/mol. The molecular weight excluding hydrogens is 296 g/mol. The van der Waals surface area contributed by atoms with E-state index in [4.69, 9.17) is 9.84 Å². The number of nitrogens with one attached hydrogen (secondary N) is 1. The number of hydrogen-bond acceptors (Lipinski definition) is 3. The second-order valence-corrected chi connectivity index (χ2v) is 5.88. The Balaban J connectivity index is 2.71. The van der Waals surface area contributed by atoms with E-state index in [0.29, 0.717) is 6.42 Å². The third-order valence-electron chi connectivity index (χ3n) is 3.75. The van der Waals surface area contributed by atoms with Crippen molar-refractivity contribution in [2.45, 2.75) is 32.7 Å². The molecule has 0 radical (unpaired) electrons. The lowest BCUT2D eigenvalue weighted by molar-refractivity contribution is -0.137. The Bertz CT molecular complexity index is 531. The molecule has 0 spiro atoms. The predicted molar refractivity (Wildman–Crippen MR) is 88.7 cm³/mol. The maximum atomic E-state index is 12.2. The van der Waals surface area contributed by atoms with E-state index in [-0.39, 0.29) is 31.0 Å². The van der Waals surface area contributed by atoms with Crippen molar-refractivity contribution in [3.8, 4) is 5.75 Å². The van der Waals surface area contributed by atoms with E-state index in [1.54, 1.807) is 14.2 Å². The number of carbonyl (C=O) groups is 2. The number of carboxylic acid groups (broad SMARTS) is 1. The van der Waals surface area contributed by atoms with E-state index in [1.165, 1.54) is 4.90 Å². The summed E-state index contributed by atoms with van der Waals surface area (Å²) in [4.78, 5) is 24.2. The van der Waals surface area contributed by atoms with Gasteiger partial charge in [-0.05, 0) is 24.0 Å². The Labute approximate surface area is 137 Å². The SMILES string of the molecule is COc1ccccc1CC(NC(=O)N(C)CCC(=O)O)C(C)C. The summed E-state index contributed by atoms with van der Waals surface area (Å²) in [5.74, 6) is 0.113. The summed E-state index contributed by atoms with van der Waals surface area (Å²) in [7, 11) is 3.22. The molecule has 0 aliphatic heterocycles. The van der Waals surface area contributed by atoms with Crippen molar-refractivity contribution in [1.82, 2.24) is 10.2 Å². The molecule has 23 heavy (non-hydrogen) atoms. The summed E-state index contributed by atoms with van der Waals surface area (Å²) >= 11 is 0. The monoisotopic (exact) mass is 322 g/mol. The first kappa shape index (κ1) is 18.8. The molecule has 0 saturated carbocycles. The van der Waals surface area contributed by atoms with E-state index in [0.717, 1.165) is 11.3 Å². The Morgan fingerprint density at radius 3 is 2.52 bits per heavy atom. The van der Waals surface area contributed by atoms with Crippen LogP contribution in [0.25, 0.3) is 0 Å². The molecule has 128 valence electrons. The van der Waals surface area contributed by atoms with Gasteiger partial charge in [-0.1, -0.05) is 32.0 Å². The van der Waals surface area contributed by atoms with Gasteiger partial charge in [0.15, 0.2) is 0 Å². The normalized spacial score (nSPS) is 11.9. The molecule has 0 saturated heterocycles. The first-order chi connectivity index (χ1) is 10.8. The molecule has 0 fully saturated rings. The van der Waals surface area contributed by atoms with Gasteiger partial charge in [-0.25, -0.2) is 4.79 Å². The highest BCUT2D eigenvalue weighted by atomic mass is 16.5. The Morgan fingerprint density at radius 1 is 1.30 bits per heavy atom. The second-order valence-electron chi connectivity index (χ2n) is 5.88. The summed E-state index contributed by atoms with van der Waals surface area (Å²) in [6.07, 6.45) is 0.586. The minimum atomic E-state index is -0.918. The molecule has 1 atom stereocenters. The number of aliphatic carboxylic acids is 1. The zero-order valence-electron chi connectivity index (χ0n) is 14.2. The first-order valence-corrected chi connectivity index (χ1v) is 7.70. The largest absolute Gasteiger partial charge is 0.496 e. The van der Waals surface area contributed by atoms with Crippen LogP contribution in [-0.4, -0.2) is 48.8 Å². The smallest absolute Gasteiger partial charge is 0.317 e. The van der Waals surface area contributed by atoms with Gasteiger partial charge in [0.2, 0.25) is 0 Å². The number of para-hydroxylation sites is 1. The summed E-state index contributed by atoms with van der Waals surface area (Å²) in [5.41, 5.74) is 1.03. The second kappa shape index (κ2) is 9.02. The molecule has 0 heterocycles. The number of amides is 2. The highest BCUT2D eigenvalue weighted by Gasteiger charge is 2.20. The summed E-state index contributed by atoms with van der Waals surface area (Å²) < 4.78 is 5.35. The van der Waals surface area contributed by atoms with Crippen molar-refractivity contribution in [2.24, 2.45) is 5.92 Å². The Morgan fingerprint density at radius 2 is 1.96 bits per heavy atom. The minimum absolute atomic E-state index is 0.0638. The number of urea groups is 1. The van der Waals surface area contributed by atoms with Crippen LogP contribution in [0.2, 0.25) is 0 Å². The summed E-state index contributed by atoms with van der Waals surface area (Å²) in [5, 5.41) is 11.7. The molecule has 1 unspecified atom stereocenters. The predicted octanol–water partition coefficient (Wildman–Crippen LogP) is 2.38. The zero-order valence-corrected chi connectivity index (χ0v) is 14.2. The molecule has 1 aromatic rings. The molecule has 1 aromatic carbocycles. The van der Waals surface area contributed by atoms with Crippen molar-refractivity contribution >= 4 is 12.0 Å². The Kier molecular flexibility index (Phi) is 7.38. The van der Waals surface area contributed by atoms with Crippen LogP contribution in [0.15, 0.2) is 24.3 Å². The van der Waals surface area contributed by atoms with Gasteiger partial charge in [-0.2, -0.15) is 0 Å². The first-order valence-electron chi connectivity index (χ1n) is 7.70. The fourth-order valence-corrected chi connectivity index (χ4v) is 2.20. The number of carboxylic acids is 1. The van der Waals surface area contributed by atoms with Crippen molar-refractivity contribution in [1.29, 1.82) is 0 Å². The summed E-state index contributed by atoms with van der Waals surface area (Å²) in [6.45, 7) is 4.26. The molecule has 0 aromatic heterocycles. The molecule has 0 aliphatic rings. The van der Waals surface area contributed by atoms with Gasteiger partial charge in [0.25, 0.3) is 0 Å². The van der Waals surface area contributed by atoms with Crippen LogP contribution < -0.4 is 10.1 Å². The number of benzene rings is 1. The van der Waals surface area contributed by atoms with Gasteiger partial charge in [-0.3, -0.25) is 4.79 Å². The molecular formula is C17H26N2O4. The quantitative estimate of drug-likeness (QED) is 0.770. The topological polar surface area (TPSA) is 78.9 Å². The Hall–Kier alpha value is -2.24. The number of rotatable bonds is 8. The van der Waals surface area contributed by atoms with Gasteiger partial charge in [-0.15, -0.1) is 0 Å². The lowest BCUT2D eigenvalue weighted by Gasteiger charge is -2.26. The lowest BCUT2D eigenvalue weighted by atomic mass is 9.96. The van der Waals surface area contributed by atoms with Crippen LogP contribution in [-0.2, 0) is 11.2 Å².